The van der Waals surface area contributed by atoms with Gasteiger partial charge in [0.05, 0.1) is 0 Å². The summed E-state index contributed by atoms with van der Waals surface area (Å²) < 4.78 is 26.6. The van der Waals surface area contributed by atoms with Gasteiger partial charge in [-0.3, -0.25) is 0 Å². The van der Waals surface area contributed by atoms with E-state index in [4.69, 9.17) is 0 Å². The van der Waals surface area contributed by atoms with Crippen molar-refractivity contribution in [3.8, 4) is 0 Å². The van der Waals surface area contributed by atoms with E-state index >= 15 is 0 Å². The predicted octanol–water partition coefficient (Wildman–Crippen LogP) is 7.72. The third-order valence-corrected chi connectivity index (χ3v) is 10.5. The summed E-state index contributed by atoms with van der Waals surface area (Å²) in [6.45, 7) is 5.51. The van der Waals surface area contributed by atoms with Gasteiger partial charge in [-0.2, -0.15) is 0 Å². The zero-order valence-electron chi connectivity index (χ0n) is 15.3. The normalized spacial score (nSPS) is 14.6. The quantitative estimate of drug-likeness (QED) is 0.395. The van der Waals surface area contributed by atoms with Crippen LogP contribution in [0.3, 0.4) is 0 Å². The minimum absolute atomic E-state index is 0.283. The Hall–Kier alpha value is -1.04. The van der Waals surface area contributed by atoms with Crippen LogP contribution in [0.4, 0.5) is 17.1 Å². The third kappa shape index (κ3) is 6.32. The van der Waals surface area contributed by atoms with Crippen LogP contribution in [0, 0.1) is 0 Å². The van der Waals surface area contributed by atoms with E-state index in [0.717, 1.165) is 50.1 Å². The number of halogens is 2. The van der Waals surface area contributed by atoms with Gasteiger partial charge in [0.25, 0.3) is 0 Å². The van der Waals surface area contributed by atoms with E-state index in [0.29, 0.717) is 0 Å². The molecule has 2 aliphatic heterocycles. The Bertz CT molecular complexity index is 561. The molecule has 0 amide bonds. The molecule has 0 unspecified atom stereocenters. The maximum absolute atomic E-state index is 13.0. The van der Waals surface area contributed by atoms with Gasteiger partial charge in [-0.25, -0.2) is 0 Å². The van der Waals surface area contributed by atoms with Crippen LogP contribution in [0.25, 0.3) is 22.8 Å². The number of nitrogens with zero attached hydrogens (tertiary/aromatic N) is 2. The number of unbranched alkanes of at least 4 members (excludes halogenated alkanes) is 2. The second kappa shape index (κ2) is 10.2. The standard InChI is InChI=1S/C12H10N2.2C4H9.2FH.Sn/c1-3-9-5-6-10-4-2-8-14-12(10)11(9)13-7-1;2*1-3-4-2;;;/h1-6H,7-8H2;2*1,3-4H2,2H3;2*1H;/q-2;;;;;+2/p-2. The summed E-state index contributed by atoms with van der Waals surface area (Å²) >= 11 is -4.44. The SMILES string of the molecule is C1=Cc2ccc3c(c2[N-]C1)[N-]CC=C3.CCC[CH2][Sn]([F])([F])[CH2]CCC. The zero-order chi connectivity index (χ0) is 18.1. The van der Waals surface area contributed by atoms with Gasteiger partial charge in [0.1, 0.15) is 0 Å². The zero-order valence-corrected chi connectivity index (χ0v) is 18.1. The summed E-state index contributed by atoms with van der Waals surface area (Å²) in [5.41, 5.74) is 4.51. The van der Waals surface area contributed by atoms with E-state index in [2.05, 4.69) is 47.1 Å². The van der Waals surface area contributed by atoms with Crippen LogP contribution in [-0.4, -0.2) is 32.6 Å². The van der Waals surface area contributed by atoms with Crippen LogP contribution < -0.4 is 0 Å². The van der Waals surface area contributed by atoms with Crippen LogP contribution in [0.1, 0.15) is 50.7 Å². The van der Waals surface area contributed by atoms with E-state index in [1.54, 1.807) is 0 Å². The molecule has 25 heavy (non-hydrogen) atoms. The summed E-state index contributed by atoms with van der Waals surface area (Å²) in [6.07, 6.45) is 11.7. The first kappa shape index (κ1) is 20.3. The van der Waals surface area contributed by atoms with Crippen molar-refractivity contribution in [2.75, 3.05) is 13.1 Å². The molecule has 1 aromatic rings. The molecule has 2 aliphatic rings. The number of hydrogen-bond acceptors (Lipinski definition) is 0. The summed E-state index contributed by atoms with van der Waals surface area (Å²) in [6, 6.07) is 4.22. The van der Waals surface area contributed by atoms with Gasteiger partial charge in [-0.05, 0) is 11.1 Å². The summed E-state index contributed by atoms with van der Waals surface area (Å²) in [4.78, 5) is 0. The van der Waals surface area contributed by atoms with E-state index in [1.165, 1.54) is 11.1 Å². The fourth-order valence-corrected chi connectivity index (χ4v) is 8.54. The molecule has 0 fully saturated rings. The predicted molar refractivity (Wildman–Crippen MR) is 108 cm³/mol. The second-order valence-corrected chi connectivity index (χ2v) is 14.2. The van der Waals surface area contributed by atoms with Gasteiger partial charge in [0.2, 0.25) is 0 Å². The molecule has 0 saturated carbocycles. The van der Waals surface area contributed by atoms with Crippen LogP contribution in [0.15, 0.2) is 24.3 Å². The summed E-state index contributed by atoms with van der Waals surface area (Å²) in [5, 5.41) is 8.98. The first-order valence-corrected chi connectivity index (χ1v) is 15.5. The minimum atomic E-state index is -4.44. The molecular weight excluding hydrogens is 425 g/mol. The molecule has 0 aromatic heterocycles. The molecule has 0 atom stereocenters. The van der Waals surface area contributed by atoms with Gasteiger partial charge >= 0.3 is 73.7 Å². The number of rotatable bonds is 6. The second-order valence-electron chi connectivity index (χ2n) is 6.49. The number of hydrogen-bond donors (Lipinski definition) is 0. The van der Waals surface area contributed by atoms with Crippen molar-refractivity contribution in [3.05, 3.63) is 46.0 Å². The van der Waals surface area contributed by atoms with E-state index in [-0.39, 0.29) is 8.87 Å². The van der Waals surface area contributed by atoms with Gasteiger partial charge in [-0.15, -0.1) is 36.6 Å². The Kier molecular flexibility index (Phi) is 8.26. The van der Waals surface area contributed by atoms with Gasteiger partial charge in [-0.1, -0.05) is 24.3 Å². The maximum atomic E-state index is 13.0. The van der Waals surface area contributed by atoms with Crippen molar-refractivity contribution >= 4 is 43.0 Å². The molecule has 2 nitrogen and oxygen atoms in total. The Balaban J connectivity index is 0.000000188. The van der Waals surface area contributed by atoms with Gasteiger partial charge in [0.15, 0.2) is 0 Å². The molecule has 1 aromatic carbocycles. The van der Waals surface area contributed by atoms with Crippen molar-refractivity contribution in [3.63, 3.8) is 0 Å². The molecule has 0 radical (unpaired) electrons. The number of benzene rings is 1. The Morgan fingerprint density at radius 1 is 0.840 bits per heavy atom. The fraction of sp³-hybridized carbons (Fsp3) is 0.500. The molecule has 0 spiro atoms. The van der Waals surface area contributed by atoms with Crippen LogP contribution in [0.5, 0.6) is 0 Å². The Morgan fingerprint density at radius 2 is 1.28 bits per heavy atom. The third-order valence-electron chi connectivity index (χ3n) is 4.31. The Labute approximate surface area is 156 Å². The first-order chi connectivity index (χ1) is 12.1. The van der Waals surface area contributed by atoms with Crippen LogP contribution >= 0.6 is 0 Å². The molecule has 0 bridgehead atoms. The van der Waals surface area contributed by atoms with Gasteiger partial charge < -0.3 is 10.6 Å². The monoisotopic (exact) mass is 454 g/mol. The summed E-state index contributed by atoms with van der Waals surface area (Å²) in [7, 11) is 0. The molecule has 0 saturated heterocycles. The van der Waals surface area contributed by atoms with Crippen molar-refractivity contribution in [1.82, 2.24) is 0 Å². The van der Waals surface area contributed by atoms with Crippen molar-refractivity contribution in [2.24, 2.45) is 0 Å². The van der Waals surface area contributed by atoms with E-state index in [1.807, 2.05) is 13.8 Å². The molecule has 0 aliphatic carbocycles. The molecule has 138 valence electrons. The molecule has 5 heteroatoms. The average molecular weight is 453 g/mol. The Morgan fingerprint density at radius 3 is 1.68 bits per heavy atom. The van der Waals surface area contributed by atoms with Gasteiger partial charge in [0, 0.05) is 0 Å². The first-order valence-electron chi connectivity index (χ1n) is 9.30. The summed E-state index contributed by atoms with van der Waals surface area (Å²) in [5.74, 6) is 0. The van der Waals surface area contributed by atoms with E-state index in [9.17, 15) is 5.73 Å². The van der Waals surface area contributed by atoms with Crippen LogP contribution in [-0.2, 0) is 0 Å². The molecule has 2 heterocycles. The van der Waals surface area contributed by atoms with Crippen molar-refractivity contribution in [1.29, 1.82) is 0 Å². The average Bonchev–Trinajstić information content (AvgIpc) is 2.65. The van der Waals surface area contributed by atoms with Crippen molar-refractivity contribution in [2.45, 2.75) is 48.4 Å². The van der Waals surface area contributed by atoms with Crippen LogP contribution in [0.2, 0.25) is 8.87 Å². The molecular formula is C20H28F2N2Sn-2. The van der Waals surface area contributed by atoms with Crippen molar-refractivity contribution < 1.29 is 5.73 Å². The molecule has 0 N–H and O–H groups in total. The van der Waals surface area contributed by atoms with E-state index < -0.39 is 19.5 Å². The fourth-order valence-electron chi connectivity index (χ4n) is 2.86. The molecule has 3 rings (SSSR count). The number of fused-ring (bicyclic) bond motifs is 3. The topological polar surface area (TPSA) is 28.2 Å².